The Bertz CT molecular complexity index is 2100. The van der Waals surface area contributed by atoms with Crippen molar-refractivity contribution in [2.24, 2.45) is 5.41 Å². The molecule has 0 atom stereocenters. The molecule has 3 aliphatic heterocycles. The summed E-state index contributed by atoms with van der Waals surface area (Å²) in [5, 5.41) is 5.99. The fourth-order valence-corrected chi connectivity index (χ4v) is 8.25. The number of hydrogen-bond donors (Lipinski definition) is 2. The van der Waals surface area contributed by atoms with Gasteiger partial charge in [0.2, 0.25) is 0 Å². The molecule has 2 N–H and O–H groups in total. The number of anilines is 3. The van der Waals surface area contributed by atoms with Gasteiger partial charge in [-0.05, 0) is 97.5 Å². The molecule has 0 unspecified atom stereocenters. The molecule has 0 aliphatic carbocycles. The molecule has 11 nitrogen and oxygen atoms in total. The Morgan fingerprint density at radius 1 is 0.941 bits per heavy atom. The van der Waals surface area contributed by atoms with Crippen LogP contribution in [0.25, 0.3) is 10.6 Å². The second-order valence-electron chi connectivity index (χ2n) is 13.5. The maximum Gasteiger partial charge on any atom is 0.261 e. The minimum absolute atomic E-state index is 0.159. The third kappa shape index (κ3) is 6.60. The van der Waals surface area contributed by atoms with Gasteiger partial charge in [-0.25, -0.2) is 4.98 Å². The van der Waals surface area contributed by atoms with Crippen LogP contribution in [-0.2, 0) is 17.7 Å². The monoisotopic (exact) mass is 699 g/mol. The molecule has 1 aromatic carbocycles. The molecule has 1 spiro atoms. The van der Waals surface area contributed by atoms with Gasteiger partial charge >= 0.3 is 0 Å². The van der Waals surface area contributed by atoms with Gasteiger partial charge in [0.25, 0.3) is 17.7 Å². The van der Waals surface area contributed by atoms with Crippen molar-refractivity contribution in [1.82, 2.24) is 20.3 Å². The number of thiophene rings is 1. The molecule has 2 saturated heterocycles. The van der Waals surface area contributed by atoms with Crippen molar-refractivity contribution in [3.8, 4) is 10.6 Å². The molecule has 5 aromatic rings. The van der Waals surface area contributed by atoms with Crippen LogP contribution in [0.5, 0.6) is 0 Å². The molecule has 7 heterocycles. The zero-order valence-corrected chi connectivity index (χ0v) is 29.0. The summed E-state index contributed by atoms with van der Waals surface area (Å²) in [5.74, 6) is 0.128. The van der Waals surface area contributed by atoms with Crippen LogP contribution in [0.15, 0.2) is 85.5 Å². The average Bonchev–Trinajstić information content (AvgIpc) is 3.52. The number of hydrogen-bond acceptors (Lipinski definition) is 9. The summed E-state index contributed by atoms with van der Waals surface area (Å²) in [5.41, 5.74) is 6.03. The van der Waals surface area contributed by atoms with Crippen molar-refractivity contribution in [2.75, 3.05) is 48.0 Å². The van der Waals surface area contributed by atoms with Crippen LogP contribution < -0.4 is 20.4 Å². The van der Waals surface area contributed by atoms with E-state index in [1.165, 1.54) is 11.3 Å². The summed E-state index contributed by atoms with van der Waals surface area (Å²) < 4.78 is 5.57. The summed E-state index contributed by atoms with van der Waals surface area (Å²) >= 11 is 1.38. The SMILES string of the molecule is Cc1cnc(N2CC3(CCOCC3)C2)c(C(=O)Nc2ccc(C(=O)N3CCc4cc(C(=O)NCc5cccnc5)sc4-c4ncccc43)cc2)c1. The van der Waals surface area contributed by atoms with E-state index < -0.39 is 0 Å². The number of nitrogens with zero attached hydrogens (tertiary/aromatic N) is 5. The van der Waals surface area contributed by atoms with Crippen molar-refractivity contribution >= 4 is 46.3 Å². The van der Waals surface area contributed by atoms with E-state index >= 15 is 0 Å². The highest BCUT2D eigenvalue weighted by molar-refractivity contribution is 7.17. The van der Waals surface area contributed by atoms with E-state index in [1.807, 2.05) is 43.3 Å². The van der Waals surface area contributed by atoms with Crippen LogP contribution in [0.4, 0.5) is 17.2 Å². The zero-order chi connectivity index (χ0) is 35.0. The number of carbonyl (C=O) groups excluding carboxylic acids is 3. The standard InChI is InChI=1S/C39H37N7O4S/c1-25-18-30(35(42-20-25)45-23-39(24-45)11-16-50-17-12-39)36(47)44-29-8-6-27(7-9-29)38(49)46-15-10-28-19-32(37(48)43-22-26-4-2-13-40-21-26)51-34(28)33-31(46)5-3-14-41-33/h2-9,13-14,18-21H,10-12,15-17,22-24H2,1H3,(H,43,48)(H,44,47). The highest BCUT2D eigenvalue weighted by atomic mass is 32.1. The summed E-state index contributed by atoms with van der Waals surface area (Å²) in [6.07, 6.45) is 9.57. The van der Waals surface area contributed by atoms with Gasteiger partial charge in [0.15, 0.2) is 0 Å². The lowest BCUT2D eigenvalue weighted by Gasteiger charge is -2.53. The maximum absolute atomic E-state index is 14.0. The highest BCUT2D eigenvalue weighted by Crippen LogP contribution is 2.43. The Kier molecular flexibility index (Phi) is 8.78. The number of rotatable bonds is 7. The number of pyridine rings is 3. The molecular weight excluding hydrogens is 663 g/mol. The van der Waals surface area contributed by atoms with Gasteiger partial charge in [0.05, 0.1) is 21.0 Å². The molecule has 0 saturated carbocycles. The van der Waals surface area contributed by atoms with Gasteiger partial charge in [0, 0.05) is 80.8 Å². The van der Waals surface area contributed by atoms with Gasteiger partial charge < -0.3 is 25.2 Å². The molecule has 8 rings (SSSR count). The fourth-order valence-electron chi connectivity index (χ4n) is 7.12. The Hall–Kier alpha value is -5.46. The van der Waals surface area contributed by atoms with Crippen molar-refractivity contribution in [3.63, 3.8) is 0 Å². The lowest BCUT2D eigenvalue weighted by atomic mass is 9.73. The predicted molar refractivity (Wildman–Crippen MR) is 196 cm³/mol. The van der Waals surface area contributed by atoms with Gasteiger partial charge in [-0.2, -0.15) is 0 Å². The Morgan fingerprint density at radius 3 is 2.53 bits per heavy atom. The summed E-state index contributed by atoms with van der Waals surface area (Å²) in [7, 11) is 0. The summed E-state index contributed by atoms with van der Waals surface area (Å²) in [4.78, 5) is 59.5. The van der Waals surface area contributed by atoms with Gasteiger partial charge in [-0.3, -0.25) is 24.4 Å². The number of fused-ring (bicyclic) bond motifs is 3. The third-order valence-corrected chi connectivity index (χ3v) is 11.1. The molecule has 4 aromatic heterocycles. The number of carbonyl (C=O) groups is 3. The van der Waals surface area contributed by atoms with Crippen LogP contribution in [0, 0.1) is 12.3 Å². The van der Waals surface area contributed by atoms with Crippen LogP contribution in [0.2, 0.25) is 0 Å². The lowest BCUT2D eigenvalue weighted by Crippen LogP contribution is -2.59. The summed E-state index contributed by atoms with van der Waals surface area (Å²) in [6.45, 7) is 6.05. The number of aryl methyl sites for hydroxylation is 1. The minimum Gasteiger partial charge on any atom is -0.381 e. The fraction of sp³-hybridized carbons (Fsp3) is 0.282. The Morgan fingerprint density at radius 2 is 1.75 bits per heavy atom. The average molecular weight is 700 g/mol. The molecule has 2 fully saturated rings. The van der Waals surface area contributed by atoms with Crippen molar-refractivity contribution in [3.05, 3.63) is 118 Å². The summed E-state index contributed by atoms with van der Waals surface area (Å²) in [6, 6.07) is 18.2. The van der Waals surface area contributed by atoms with Crippen LogP contribution in [0.1, 0.15) is 59.9 Å². The normalized spacial score (nSPS) is 16.0. The van der Waals surface area contributed by atoms with E-state index in [0.29, 0.717) is 58.4 Å². The minimum atomic E-state index is -0.239. The van der Waals surface area contributed by atoms with E-state index in [0.717, 1.165) is 60.7 Å². The van der Waals surface area contributed by atoms with Gasteiger partial charge in [-0.1, -0.05) is 6.07 Å². The van der Waals surface area contributed by atoms with Crippen molar-refractivity contribution in [2.45, 2.75) is 32.7 Å². The molecule has 12 heteroatoms. The predicted octanol–water partition coefficient (Wildman–Crippen LogP) is 5.91. The van der Waals surface area contributed by atoms with Crippen molar-refractivity contribution < 1.29 is 19.1 Å². The first-order valence-corrected chi connectivity index (χ1v) is 18.0. The Balaban J connectivity index is 0.958. The largest absolute Gasteiger partial charge is 0.381 e. The first kappa shape index (κ1) is 32.7. The number of benzene rings is 1. The molecule has 0 bridgehead atoms. The molecule has 258 valence electrons. The van der Waals surface area contributed by atoms with E-state index in [1.54, 1.807) is 54.0 Å². The third-order valence-electron chi connectivity index (χ3n) is 9.89. The number of amides is 3. The molecule has 0 radical (unpaired) electrons. The number of nitrogens with one attached hydrogen (secondary N) is 2. The van der Waals surface area contributed by atoms with Gasteiger partial charge in [-0.15, -0.1) is 11.3 Å². The first-order chi connectivity index (χ1) is 24.9. The first-order valence-electron chi connectivity index (χ1n) is 17.1. The van der Waals surface area contributed by atoms with Gasteiger partial charge in [0.1, 0.15) is 11.5 Å². The second kappa shape index (κ2) is 13.7. The van der Waals surface area contributed by atoms with E-state index in [9.17, 15) is 14.4 Å². The number of aromatic nitrogens is 3. The number of ether oxygens (including phenoxy) is 1. The topological polar surface area (TPSA) is 130 Å². The highest BCUT2D eigenvalue weighted by Gasteiger charge is 2.45. The van der Waals surface area contributed by atoms with Crippen LogP contribution in [0.3, 0.4) is 0 Å². The van der Waals surface area contributed by atoms with E-state index in [4.69, 9.17) is 4.74 Å². The molecular formula is C39H37N7O4S. The molecule has 3 aliphatic rings. The van der Waals surface area contributed by atoms with E-state index in [-0.39, 0.29) is 23.1 Å². The van der Waals surface area contributed by atoms with Crippen molar-refractivity contribution in [1.29, 1.82) is 0 Å². The maximum atomic E-state index is 14.0. The molecule has 51 heavy (non-hydrogen) atoms. The quantitative estimate of drug-likeness (QED) is 0.215. The van der Waals surface area contributed by atoms with E-state index in [2.05, 4.69) is 30.5 Å². The zero-order valence-electron chi connectivity index (χ0n) is 28.2. The smallest absolute Gasteiger partial charge is 0.261 e. The van der Waals surface area contributed by atoms with Crippen LogP contribution in [-0.4, -0.2) is 65.5 Å². The lowest BCUT2D eigenvalue weighted by molar-refractivity contribution is -0.000511. The second-order valence-corrected chi connectivity index (χ2v) is 14.5. The molecule has 3 amide bonds. The van der Waals surface area contributed by atoms with Crippen LogP contribution >= 0.6 is 11.3 Å². The Labute approximate surface area is 299 Å².